The number of aryl methyl sites for hydroxylation is 1. The van der Waals surface area contributed by atoms with Crippen molar-refractivity contribution in [2.45, 2.75) is 32.6 Å². The van der Waals surface area contributed by atoms with E-state index >= 15 is 0 Å². The number of hydrogen-bond donors (Lipinski definition) is 2. The highest BCUT2D eigenvalue weighted by atomic mass is 32.2. The van der Waals surface area contributed by atoms with E-state index in [1.807, 2.05) is 0 Å². The summed E-state index contributed by atoms with van der Waals surface area (Å²) in [5, 5.41) is 0. The van der Waals surface area contributed by atoms with E-state index in [4.69, 9.17) is 9.47 Å². The average molecular weight is 476 g/mol. The quantitative estimate of drug-likeness (QED) is 0.448. The summed E-state index contributed by atoms with van der Waals surface area (Å²) < 4.78 is 36.3. The van der Waals surface area contributed by atoms with Gasteiger partial charge in [0, 0.05) is 17.7 Å². The fraction of sp³-hybridized carbons (Fsp3) is 0.391. The van der Waals surface area contributed by atoms with Crippen LogP contribution in [-0.2, 0) is 16.4 Å². The van der Waals surface area contributed by atoms with Crippen LogP contribution in [0.5, 0.6) is 11.5 Å². The van der Waals surface area contributed by atoms with Crippen molar-refractivity contribution in [2.24, 2.45) is 0 Å². The molecule has 0 saturated carbocycles. The minimum absolute atomic E-state index is 0.296. The largest absolute Gasteiger partial charge is 0.493 e. The molecule has 2 aromatic carbocycles. The molecule has 10 heteroatoms. The molecule has 1 heterocycles. The number of carbonyl (C=O) groups is 2. The predicted octanol–water partition coefficient (Wildman–Crippen LogP) is 2.66. The highest BCUT2D eigenvalue weighted by Gasteiger charge is 2.24. The number of ether oxygens (including phenoxy) is 2. The van der Waals surface area contributed by atoms with Crippen LogP contribution in [0.25, 0.3) is 0 Å². The van der Waals surface area contributed by atoms with E-state index < -0.39 is 21.8 Å². The van der Waals surface area contributed by atoms with E-state index in [2.05, 4.69) is 17.8 Å². The minimum atomic E-state index is -3.38. The van der Waals surface area contributed by atoms with Gasteiger partial charge in [-0.3, -0.25) is 24.7 Å². The second-order valence-electron chi connectivity index (χ2n) is 7.76. The monoisotopic (exact) mass is 475 g/mol. The van der Waals surface area contributed by atoms with Crippen molar-refractivity contribution in [3.63, 3.8) is 0 Å². The van der Waals surface area contributed by atoms with Gasteiger partial charge in [0.25, 0.3) is 11.8 Å². The Labute approximate surface area is 194 Å². The first-order valence-corrected chi connectivity index (χ1v) is 12.6. The molecule has 2 N–H and O–H groups in total. The average Bonchev–Trinajstić information content (AvgIpc) is 2.81. The number of nitrogens with one attached hydrogen (secondary N) is 2. The van der Waals surface area contributed by atoms with Gasteiger partial charge in [-0.2, -0.15) is 0 Å². The van der Waals surface area contributed by atoms with Gasteiger partial charge in [-0.1, -0.05) is 13.3 Å². The molecule has 33 heavy (non-hydrogen) atoms. The van der Waals surface area contributed by atoms with Crippen LogP contribution in [0.4, 0.5) is 5.69 Å². The van der Waals surface area contributed by atoms with Crippen molar-refractivity contribution >= 4 is 27.5 Å². The van der Waals surface area contributed by atoms with E-state index in [-0.39, 0.29) is 0 Å². The highest BCUT2D eigenvalue weighted by Crippen LogP contribution is 2.30. The van der Waals surface area contributed by atoms with E-state index in [1.54, 1.807) is 30.3 Å². The van der Waals surface area contributed by atoms with Crippen molar-refractivity contribution in [3.8, 4) is 11.5 Å². The second-order valence-corrected chi connectivity index (χ2v) is 9.66. The minimum Gasteiger partial charge on any atom is -0.493 e. The highest BCUT2D eigenvalue weighted by molar-refractivity contribution is 7.92. The molecule has 0 spiro atoms. The molecule has 0 atom stereocenters. The predicted molar refractivity (Wildman–Crippen MR) is 125 cm³/mol. The van der Waals surface area contributed by atoms with Gasteiger partial charge in [0.05, 0.1) is 25.7 Å². The molecule has 0 unspecified atom stereocenters. The number of nitrogens with zero attached hydrogens (tertiary/aromatic N) is 1. The first kappa shape index (κ1) is 24.4. The molecule has 0 radical (unpaired) electrons. The lowest BCUT2D eigenvalue weighted by atomic mass is 10.0. The number of rotatable bonds is 8. The summed E-state index contributed by atoms with van der Waals surface area (Å²) in [7, 11) is -1.89. The molecule has 2 aromatic rings. The number of fused-ring (bicyclic) bond motifs is 1. The van der Waals surface area contributed by atoms with Gasteiger partial charge < -0.3 is 9.47 Å². The number of methoxy groups -OCH3 is 1. The third-order valence-electron chi connectivity index (χ3n) is 5.29. The molecular formula is C23H29N3O6S. The molecule has 178 valence electrons. The number of benzene rings is 2. The van der Waals surface area contributed by atoms with Gasteiger partial charge in [-0.25, -0.2) is 8.42 Å². The zero-order chi connectivity index (χ0) is 24.0. The molecule has 0 bridgehead atoms. The molecule has 0 aromatic heterocycles. The van der Waals surface area contributed by atoms with Gasteiger partial charge in [-0.05, 0) is 61.2 Å². The Bertz CT molecular complexity index is 1130. The summed E-state index contributed by atoms with van der Waals surface area (Å²) in [5.74, 6) is -0.0454. The van der Waals surface area contributed by atoms with E-state index in [0.29, 0.717) is 54.3 Å². The summed E-state index contributed by atoms with van der Waals surface area (Å²) in [6, 6.07) is 9.59. The first-order chi connectivity index (χ1) is 15.7. The van der Waals surface area contributed by atoms with Crippen molar-refractivity contribution in [1.82, 2.24) is 10.9 Å². The second kappa shape index (κ2) is 10.6. The first-order valence-electron chi connectivity index (χ1n) is 10.8. The number of anilines is 1. The Morgan fingerprint density at radius 3 is 2.33 bits per heavy atom. The SMILES string of the molecule is CCCCOc1ccc(C(=O)NNC(=O)c2ccc3c(c2)CCCN3S(C)(=O)=O)cc1OC. The molecule has 0 fully saturated rings. The Morgan fingerprint density at radius 2 is 1.70 bits per heavy atom. The normalized spacial score (nSPS) is 13.1. The third kappa shape index (κ3) is 5.95. The van der Waals surface area contributed by atoms with E-state index in [9.17, 15) is 18.0 Å². The third-order valence-corrected chi connectivity index (χ3v) is 6.47. The number of carbonyl (C=O) groups excluding carboxylic acids is 2. The number of sulfonamides is 1. The Hall–Kier alpha value is -3.27. The lowest BCUT2D eigenvalue weighted by Crippen LogP contribution is -2.41. The van der Waals surface area contributed by atoms with Crippen molar-refractivity contribution in [3.05, 3.63) is 53.1 Å². The van der Waals surface area contributed by atoms with Gasteiger partial charge in [0.1, 0.15) is 0 Å². The van der Waals surface area contributed by atoms with Crippen molar-refractivity contribution in [2.75, 3.05) is 30.8 Å². The van der Waals surface area contributed by atoms with E-state index in [0.717, 1.165) is 24.7 Å². The maximum absolute atomic E-state index is 12.6. The molecule has 2 amide bonds. The summed E-state index contributed by atoms with van der Waals surface area (Å²) in [6.07, 6.45) is 4.41. The summed E-state index contributed by atoms with van der Waals surface area (Å²) >= 11 is 0. The van der Waals surface area contributed by atoms with Crippen LogP contribution in [0.3, 0.4) is 0 Å². The maximum Gasteiger partial charge on any atom is 0.269 e. The summed E-state index contributed by atoms with van der Waals surface area (Å²) in [5.41, 5.74) is 6.76. The van der Waals surface area contributed by atoms with Crippen molar-refractivity contribution in [1.29, 1.82) is 0 Å². The fourth-order valence-corrected chi connectivity index (χ4v) is 4.56. The van der Waals surface area contributed by atoms with Crippen LogP contribution in [-0.4, -0.2) is 46.7 Å². The van der Waals surface area contributed by atoms with Gasteiger partial charge in [0.15, 0.2) is 11.5 Å². The standard InChI is InChI=1S/C23H29N3O6S/c1-4-5-13-32-20-11-9-18(15-21(20)31-2)23(28)25-24-22(27)17-8-10-19-16(14-17)7-6-12-26(19)33(3,29)30/h8-11,14-15H,4-7,12-13H2,1-3H3,(H,24,27)(H,25,28). The molecule has 1 aliphatic heterocycles. The Morgan fingerprint density at radius 1 is 1.03 bits per heavy atom. The number of unbranched alkanes of at least 4 members (excludes halogenated alkanes) is 1. The van der Waals surface area contributed by atoms with Gasteiger partial charge in [0.2, 0.25) is 10.0 Å². The molecule has 9 nitrogen and oxygen atoms in total. The fourth-order valence-electron chi connectivity index (χ4n) is 3.56. The Kier molecular flexibility index (Phi) is 7.80. The molecule has 1 aliphatic rings. The van der Waals surface area contributed by atoms with E-state index in [1.165, 1.54) is 17.5 Å². The van der Waals surface area contributed by atoms with Crippen LogP contribution < -0.4 is 24.6 Å². The number of hydrazine groups is 1. The van der Waals surface area contributed by atoms with Crippen LogP contribution in [0.1, 0.15) is 52.5 Å². The molecular weight excluding hydrogens is 446 g/mol. The summed E-state index contributed by atoms with van der Waals surface area (Å²) in [4.78, 5) is 25.1. The van der Waals surface area contributed by atoms with Gasteiger partial charge in [-0.15, -0.1) is 0 Å². The molecule has 0 saturated heterocycles. The van der Waals surface area contributed by atoms with Crippen LogP contribution >= 0.6 is 0 Å². The molecule has 3 rings (SSSR count). The number of amides is 2. The van der Waals surface area contributed by atoms with Crippen LogP contribution in [0.2, 0.25) is 0 Å². The topological polar surface area (TPSA) is 114 Å². The maximum atomic E-state index is 12.6. The lowest BCUT2D eigenvalue weighted by molar-refractivity contribution is 0.0846. The Balaban J connectivity index is 1.65. The smallest absolute Gasteiger partial charge is 0.269 e. The van der Waals surface area contributed by atoms with Gasteiger partial charge >= 0.3 is 0 Å². The van der Waals surface area contributed by atoms with Crippen molar-refractivity contribution < 1.29 is 27.5 Å². The zero-order valence-corrected chi connectivity index (χ0v) is 19.8. The lowest BCUT2D eigenvalue weighted by Gasteiger charge is -2.29. The number of hydrogen-bond acceptors (Lipinski definition) is 6. The summed E-state index contributed by atoms with van der Waals surface area (Å²) in [6.45, 7) is 3.03. The van der Waals surface area contributed by atoms with Crippen LogP contribution in [0, 0.1) is 0 Å². The zero-order valence-electron chi connectivity index (χ0n) is 19.0. The van der Waals surface area contributed by atoms with Crippen LogP contribution in [0.15, 0.2) is 36.4 Å². The molecule has 0 aliphatic carbocycles.